The number of nitrogens with two attached hydrogens (primary N) is 1. The van der Waals surface area contributed by atoms with Crippen molar-refractivity contribution in [3.63, 3.8) is 0 Å². The minimum atomic E-state index is -3.45. The van der Waals surface area contributed by atoms with E-state index in [0.29, 0.717) is 11.7 Å². The van der Waals surface area contributed by atoms with Gasteiger partial charge in [-0.25, -0.2) is 13.1 Å². The molecule has 1 aliphatic rings. The van der Waals surface area contributed by atoms with E-state index in [9.17, 15) is 8.42 Å². The summed E-state index contributed by atoms with van der Waals surface area (Å²) in [6.07, 6.45) is 3.51. The molecule has 1 aromatic rings. The molecule has 0 aromatic heterocycles. The molecule has 0 saturated heterocycles. The lowest BCUT2D eigenvalue weighted by Crippen LogP contribution is -2.31. The van der Waals surface area contributed by atoms with Gasteiger partial charge >= 0.3 is 0 Å². The minimum Gasteiger partial charge on any atom is -0.397 e. The summed E-state index contributed by atoms with van der Waals surface area (Å²) in [6.45, 7) is 4.49. The normalized spacial score (nSPS) is 21.9. The molecule has 0 heterocycles. The predicted molar refractivity (Wildman–Crippen MR) is 82.1 cm³/mol. The highest BCUT2D eigenvalue weighted by molar-refractivity contribution is 7.89. The molecule has 1 unspecified atom stereocenters. The van der Waals surface area contributed by atoms with Crippen molar-refractivity contribution in [3.05, 3.63) is 18.2 Å². The summed E-state index contributed by atoms with van der Waals surface area (Å²) in [7, 11) is -2.06. The Kier molecular flexibility index (Phi) is 3.97. The van der Waals surface area contributed by atoms with Gasteiger partial charge in [0.05, 0.1) is 16.3 Å². The van der Waals surface area contributed by atoms with E-state index in [-0.39, 0.29) is 10.3 Å². The lowest BCUT2D eigenvalue weighted by atomic mass is 9.87. The fraction of sp³-hybridized carbons (Fsp3) is 0.571. The van der Waals surface area contributed by atoms with Gasteiger partial charge in [-0.15, -0.1) is 0 Å². The molecule has 0 amide bonds. The van der Waals surface area contributed by atoms with Crippen LogP contribution in [0.1, 0.15) is 33.1 Å². The zero-order chi connectivity index (χ0) is 15.0. The van der Waals surface area contributed by atoms with Crippen LogP contribution in [-0.4, -0.2) is 21.5 Å². The standard InChI is InChI=1S/C14H23N3O2S/c1-14(2)8-4-5-13(14)17-12-7-6-10(9-11(12)15)20(18,19)16-3/h6-7,9,13,16-17H,4-5,8,15H2,1-3H3. The molecule has 4 N–H and O–H groups in total. The number of rotatable bonds is 4. The minimum absolute atomic E-state index is 0.189. The van der Waals surface area contributed by atoms with E-state index in [1.165, 1.54) is 26.0 Å². The molecule has 5 nitrogen and oxygen atoms in total. The lowest BCUT2D eigenvalue weighted by Gasteiger charge is -2.29. The highest BCUT2D eigenvalue weighted by atomic mass is 32.2. The molecule has 112 valence electrons. The third-order valence-corrected chi connectivity index (χ3v) is 5.60. The number of hydrogen-bond acceptors (Lipinski definition) is 4. The Balaban J connectivity index is 2.23. The Labute approximate surface area is 121 Å². The van der Waals surface area contributed by atoms with Crippen LogP contribution in [0.3, 0.4) is 0 Å². The van der Waals surface area contributed by atoms with Gasteiger partial charge in [0.15, 0.2) is 0 Å². The highest BCUT2D eigenvalue weighted by Gasteiger charge is 2.34. The van der Waals surface area contributed by atoms with Gasteiger partial charge in [0.2, 0.25) is 10.0 Å². The van der Waals surface area contributed by atoms with Gasteiger partial charge in [0, 0.05) is 6.04 Å². The van der Waals surface area contributed by atoms with E-state index < -0.39 is 10.0 Å². The van der Waals surface area contributed by atoms with Crippen molar-refractivity contribution in [1.29, 1.82) is 0 Å². The summed E-state index contributed by atoms with van der Waals surface area (Å²) in [4.78, 5) is 0.189. The van der Waals surface area contributed by atoms with Gasteiger partial charge in [-0.2, -0.15) is 0 Å². The maximum Gasteiger partial charge on any atom is 0.240 e. The third kappa shape index (κ3) is 2.91. The second-order valence-corrected chi connectivity index (χ2v) is 7.92. The molecule has 1 fully saturated rings. The first-order valence-corrected chi connectivity index (χ1v) is 8.34. The third-order valence-electron chi connectivity index (χ3n) is 4.19. The summed E-state index contributed by atoms with van der Waals surface area (Å²) in [6, 6.07) is 5.19. The van der Waals surface area contributed by atoms with Gasteiger partial charge in [-0.3, -0.25) is 0 Å². The summed E-state index contributed by atoms with van der Waals surface area (Å²) >= 11 is 0. The van der Waals surface area contributed by atoms with Crippen LogP contribution in [0.4, 0.5) is 11.4 Å². The molecule has 1 saturated carbocycles. The second-order valence-electron chi connectivity index (χ2n) is 6.03. The number of sulfonamides is 1. The van der Waals surface area contributed by atoms with Crippen molar-refractivity contribution in [3.8, 4) is 0 Å². The lowest BCUT2D eigenvalue weighted by molar-refractivity contribution is 0.350. The Hall–Kier alpha value is -1.27. The van der Waals surface area contributed by atoms with E-state index in [1.54, 1.807) is 12.1 Å². The van der Waals surface area contributed by atoms with Crippen molar-refractivity contribution in [1.82, 2.24) is 4.72 Å². The largest absolute Gasteiger partial charge is 0.397 e. The van der Waals surface area contributed by atoms with Crippen molar-refractivity contribution in [2.45, 2.75) is 44.0 Å². The quantitative estimate of drug-likeness (QED) is 0.744. The number of nitrogen functional groups attached to an aromatic ring is 1. The number of anilines is 2. The molecule has 20 heavy (non-hydrogen) atoms. The van der Waals surface area contributed by atoms with Crippen molar-refractivity contribution in [2.75, 3.05) is 18.1 Å². The topological polar surface area (TPSA) is 84.2 Å². The molecule has 1 aromatic carbocycles. The van der Waals surface area contributed by atoms with Crippen LogP contribution in [0, 0.1) is 5.41 Å². The molecular formula is C14H23N3O2S. The average Bonchev–Trinajstić information content (AvgIpc) is 2.71. The van der Waals surface area contributed by atoms with Gasteiger partial charge in [0.1, 0.15) is 0 Å². The molecule has 1 atom stereocenters. The summed E-state index contributed by atoms with van der Waals surface area (Å²) < 4.78 is 25.7. The zero-order valence-corrected chi connectivity index (χ0v) is 13.0. The Bertz CT molecular complexity index is 596. The van der Waals surface area contributed by atoms with E-state index in [1.807, 2.05) is 0 Å². The van der Waals surface area contributed by atoms with Crippen LogP contribution in [0.5, 0.6) is 0 Å². The smallest absolute Gasteiger partial charge is 0.240 e. The van der Waals surface area contributed by atoms with Gasteiger partial charge in [-0.05, 0) is 43.5 Å². The first-order valence-electron chi connectivity index (χ1n) is 6.86. The van der Waals surface area contributed by atoms with Crippen molar-refractivity contribution < 1.29 is 8.42 Å². The molecule has 0 bridgehead atoms. The van der Waals surface area contributed by atoms with Crippen LogP contribution in [0.25, 0.3) is 0 Å². The van der Waals surface area contributed by atoms with Gasteiger partial charge in [0.25, 0.3) is 0 Å². The average molecular weight is 297 g/mol. The molecule has 0 aliphatic heterocycles. The van der Waals surface area contributed by atoms with Crippen molar-refractivity contribution in [2.24, 2.45) is 5.41 Å². The first kappa shape index (κ1) is 15.1. The van der Waals surface area contributed by atoms with Crippen LogP contribution < -0.4 is 15.8 Å². The maximum atomic E-state index is 11.7. The highest BCUT2D eigenvalue weighted by Crippen LogP contribution is 2.39. The van der Waals surface area contributed by atoms with Crippen molar-refractivity contribution >= 4 is 21.4 Å². The zero-order valence-electron chi connectivity index (χ0n) is 12.2. The predicted octanol–water partition coefficient (Wildman–Crippen LogP) is 2.17. The summed E-state index contributed by atoms with van der Waals surface area (Å²) in [5, 5.41) is 3.46. The van der Waals surface area contributed by atoms with E-state index >= 15 is 0 Å². The Morgan fingerprint density at radius 1 is 1.35 bits per heavy atom. The molecule has 1 aliphatic carbocycles. The SMILES string of the molecule is CNS(=O)(=O)c1ccc(NC2CCCC2(C)C)c(N)c1. The second kappa shape index (κ2) is 5.26. The van der Waals surface area contributed by atoms with E-state index in [0.717, 1.165) is 12.1 Å². The first-order chi connectivity index (χ1) is 9.26. The number of hydrogen-bond donors (Lipinski definition) is 3. The maximum absolute atomic E-state index is 11.7. The van der Waals surface area contributed by atoms with E-state index in [2.05, 4.69) is 23.9 Å². The van der Waals surface area contributed by atoms with Crippen LogP contribution in [0.2, 0.25) is 0 Å². The molecule has 2 rings (SSSR count). The monoisotopic (exact) mass is 297 g/mol. The van der Waals surface area contributed by atoms with Crippen LogP contribution in [0.15, 0.2) is 23.1 Å². The molecule has 0 radical (unpaired) electrons. The number of benzene rings is 1. The fourth-order valence-electron chi connectivity index (χ4n) is 2.74. The fourth-order valence-corrected chi connectivity index (χ4v) is 3.50. The van der Waals surface area contributed by atoms with E-state index in [4.69, 9.17) is 5.73 Å². The van der Waals surface area contributed by atoms with Gasteiger partial charge < -0.3 is 11.1 Å². The Morgan fingerprint density at radius 3 is 2.55 bits per heavy atom. The summed E-state index contributed by atoms with van der Waals surface area (Å²) in [5.74, 6) is 0. The Morgan fingerprint density at radius 2 is 2.05 bits per heavy atom. The molecule has 6 heteroatoms. The molecule has 0 spiro atoms. The van der Waals surface area contributed by atoms with Crippen LogP contribution >= 0.6 is 0 Å². The van der Waals surface area contributed by atoms with Gasteiger partial charge in [-0.1, -0.05) is 20.3 Å². The molecular weight excluding hydrogens is 274 g/mol. The van der Waals surface area contributed by atoms with Crippen LogP contribution in [-0.2, 0) is 10.0 Å². The summed E-state index contributed by atoms with van der Waals surface area (Å²) in [5.41, 5.74) is 7.49. The number of nitrogens with one attached hydrogen (secondary N) is 2.